The molecule has 0 heterocycles. The van der Waals surface area contributed by atoms with Crippen molar-refractivity contribution in [2.45, 2.75) is 38.2 Å². The quantitative estimate of drug-likeness (QED) is 0.481. The predicted molar refractivity (Wildman–Crippen MR) is 95.9 cm³/mol. The monoisotopic (exact) mass is 302 g/mol. The SMILES string of the molecule is OC1C=C(CCCC#Cc2ccc(-c3ccccc3)cc2)CC1. The minimum Gasteiger partial charge on any atom is -0.389 e. The molecule has 1 aliphatic rings. The van der Waals surface area contributed by atoms with Gasteiger partial charge in [-0.15, -0.1) is 0 Å². The average molecular weight is 302 g/mol. The summed E-state index contributed by atoms with van der Waals surface area (Å²) in [6.45, 7) is 0. The normalized spacial score (nSPS) is 16.6. The number of rotatable bonds is 4. The van der Waals surface area contributed by atoms with E-state index in [-0.39, 0.29) is 6.10 Å². The first-order chi connectivity index (χ1) is 11.3. The zero-order valence-electron chi connectivity index (χ0n) is 13.3. The number of aliphatic hydroxyl groups excluding tert-OH is 1. The van der Waals surface area contributed by atoms with Gasteiger partial charge in [0.1, 0.15) is 0 Å². The van der Waals surface area contributed by atoms with Crippen molar-refractivity contribution < 1.29 is 5.11 Å². The summed E-state index contributed by atoms with van der Waals surface area (Å²) >= 11 is 0. The fourth-order valence-corrected chi connectivity index (χ4v) is 2.93. The Kier molecular flexibility index (Phi) is 5.29. The van der Waals surface area contributed by atoms with E-state index >= 15 is 0 Å². The lowest BCUT2D eigenvalue weighted by Gasteiger charge is -2.01. The van der Waals surface area contributed by atoms with E-state index < -0.39 is 0 Å². The molecule has 0 amide bonds. The van der Waals surface area contributed by atoms with Gasteiger partial charge in [0.05, 0.1) is 6.10 Å². The molecule has 0 bridgehead atoms. The lowest BCUT2D eigenvalue weighted by Crippen LogP contribution is -1.93. The van der Waals surface area contributed by atoms with Crippen molar-refractivity contribution >= 4 is 0 Å². The Balaban J connectivity index is 1.50. The van der Waals surface area contributed by atoms with Crippen LogP contribution in [0.25, 0.3) is 11.1 Å². The molecule has 0 aliphatic heterocycles. The van der Waals surface area contributed by atoms with Crippen LogP contribution in [0.3, 0.4) is 0 Å². The number of aliphatic hydroxyl groups is 1. The molecule has 0 radical (unpaired) electrons. The number of allylic oxidation sites excluding steroid dienone is 1. The van der Waals surface area contributed by atoms with E-state index in [1.807, 2.05) is 12.1 Å². The second kappa shape index (κ2) is 7.81. The highest BCUT2D eigenvalue weighted by molar-refractivity contribution is 5.64. The van der Waals surface area contributed by atoms with E-state index in [2.05, 4.69) is 60.4 Å². The highest BCUT2D eigenvalue weighted by atomic mass is 16.3. The van der Waals surface area contributed by atoms with E-state index in [4.69, 9.17) is 0 Å². The zero-order chi connectivity index (χ0) is 15.9. The van der Waals surface area contributed by atoms with Crippen molar-refractivity contribution in [1.29, 1.82) is 0 Å². The van der Waals surface area contributed by atoms with Crippen LogP contribution >= 0.6 is 0 Å². The van der Waals surface area contributed by atoms with Gasteiger partial charge in [-0.3, -0.25) is 0 Å². The first-order valence-electron chi connectivity index (χ1n) is 8.33. The molecule has 1 nitrogen and oxygen atoms in total. The van der Waals surface area contributed by atoms with Crippen molar-refractivity contribution in [3.05, 3.63) is 71.8 Å². The summed E-state index contributed by atoms with van der Waals surface area (Å²) in [5.41, 5.74) is 4.92. The minimum absolute atomic E-state index is 0.209. The van der Waals surface area contributed by atoms with Crippen molar-refractivity contribution in [2.24, 2.45) is 0 Å². The van der Waals surface area contributed by atoms with Gasteiger partial charge in [-0.05, 0) is 48.9 Å². The molecule has 23 heavy (non-hydrogen) atoms. The Morgan fingerprint density at radius 3 is 2.39 bits per heavy atom. The molecule has 1 heteroatoms. The fraction of sp³-hybridized carbons (Fsp3) is 0.273. The minimum atomic E-state index is -0.209. The molecule has 0 fully saturated rings. The van der Waals surface area contributed by atoms with Crippen molar-refractivity contribution in [3.8, 4) is 23.0 Å². The summed E-state index contributed by atoms with van der Waals surface area (Å²) in [5, 5.41) is 9.45. The van der Waals surface area contributed by atoms with Gasteiger partial charge < -0.3 is 5.11 Å². The topological polar surface area (TPSA) is 20.2 Å². The van der Waals surface area contributed by atoms with Crippen LogP contribution in [0, 0.1) is 11.8 Å². The Hall–Kier alpha value is -2.30. The molecule has 0 saturated carbocycles. The first-order valence-corrected chi connectivity index (χ1v) is 8.33. The molecule has 2 aromatic carbocycles. The molecule has 0 saturated heterocycles. The van der Waals surface area contributed by atoms with Crippen LogP contribution in [0.15, 0.2) is 66.2 Å². The van der Waals surface area contributed by atoms with Crippen molar-refractivity contribution in [3.63, 3.8) is 0 Å². The molecule has 1 atom stereocenters. The molecule has 1 aliphatic carbocycles. The third-order valence-electron chi connectivity index (χ3n) is 4.21. The van der Waals surface area contributed by atoms with E-state index in [0.29, 0.717) is 0 Å². The summed E-state index contributed by atoms with van der Waals surface area (Å²) in [6.07, 6.45) is 6.81. The van der Waals surface area contributed by atoms with Crippen LogP contribution in [0.2, 0.25) is 0 Å². The highest BCUT2D eigenvalue weighted by Crippen LogP contribution is 2.23. The van der Waals surface area contributed by atoms with Gasteiger partial charge in [-0.2, -0.15) is 0 Å². The third-order valence-corrected chi connectivity index (χ3v) is 4.21. The summed E-state index contributed by atoms with van der Waals surface area (Å²) < 4.78 is 0. The molecule has 116 valence electrons. The molecule has 2 aromatic rings. The molecule has 1 N–H and O–H groups in total. The average Bonchev–Trinajstić information content (AvgIpc) is 3.01. The van der Waals surface area contributed by atoms with Gasteiger partial charge in [-0.25, -0.2) is 0 Å². The van der Waals surface area contributed by atoms with Crippen LogP contribution in [0.4, 0.5) is 0 Å². The molecule has 1 unspecified atom stereocenters. The lowest BCUT2D eigenvalue weighted by molar-refractivity contribution is 0.223. The largest absolute Gasteiger partial charge is 0.389 e. The van der Waals surface area contributed by atoms with Gasteiger partial charge in [-0.1, -0.05) is 66.0 Å². The Labute approximate surface area is 138 Å². The molecular formula is C22H22O. The first kappa shape index (κ1) is 15.6. The third kappa shape index (κ3) is 4.58. The second-order valence-corrected chi connectivity index (χ2v) is 6.03. The molecular weight excluding hydrogens is 280 g/mol. The predicted octanol–water partition coefficient (Wildman–Crippen LogP) is 4.96. The van der Waals surface area contributed by atoms with Gasteiger partial charge in [0, 0.05) is 12.0 Å². The zero-order valence-corrected chi connectivity index (χ0v) is 13.3. The maximum Gasteiger partial charge on any atom is 0.0726 e. The van der Waals surface area contributed by atoms with Crippen molar-refractivity contribution in [2.75, 3.05) is 0 Å². The molecule has 0 spiro atoms. The number of hydrogen-bond donors (Lipinski definition) is 1. The Morgan fingerprint density at radius 1 is 0.957 bits per heavy atom. The maximum absolute atomic E-state index is 9.45. The smallest absolute Gasteiger partial charge is 0.0726 e. The Morgan fingerprint density at radius 2 is 1.70 bits per heavy atom. The van der Waals surface area contributed by atoms with Gasteiger partial charge in [0.15, 0.2) is 0 Å². The summed E-state index contributed by atoms with van der Waals surface area (Å²) in [5.74, 6) is 6.50. The van der Waals surface area contributed by atoms with Gasteiger partial charge in [0.25, 0.3) is 0 Å². The van der Waals surface area contributed by atoms with Gasteiger partial charge >= 0.3 is 0 Å². The van der Waals surface area contributed by atoms with Crippen LogP contribution < -0.4 is 0 Å². The number of hydrogen-bond acceptors (Lipinski definition) is 1. The standard InChI is InChI=1S/C22H22O/c23-22-16-13-19(17-22)8-4-1-3-7-18-11-14-21(15-12-18)20-9-5-2-6-10-20/h2,5-6,9-12,14-15,17,22-23H,1,4,8,13,16H2. The van der Waals surface area contributed by atoms with E-state index in [9.17, 15) is 5.11 Å². The summed E-state index contributed by atoms with van der Waals surface area (Å²) in [6, 6.07) is 18.8. The van der Waals surface area contributed by atoms with E-state index in [1.165, 1.54) is 16.7 Å². The maximum atomic E-state index is 9.45. The lowest BCUT2D eigenvalue weighted by atomic mass is 10.0. The van der Waals surface area contributed by atoms with Crippen molar-refractivity contribution in [1.82, 2.24) is 0 Å². The number of unbranched alkanes of at least 4 members (excludes halogenated alkanes) is 1. The van der Waals surface area contributed by atoms with Crippen LogP contribution in [0.1, 0.15) is 37.7 Å². The highest BCUT2D eigenvalue weighted by Gasteiger charge is 2.11. The Bertz CT molecular complexity index is 714. The molecule has 3 rings (SSSR count). The fourth-order valence-electron chi connectivity index (χ4n) is 2.93. The summed E-state index contributed by atoms with van der Waals surface area (Å²) in [4.78, 5) is 0. The van der Waals surface area contributed by atoms with Crippen LogP contribution in [-0.2, 0) is 0 Å². The van der Waals surface area contributed by atoms with E-state index in [1.54, 1.807) is 0 Å². The molecule has 0 aromatic heterocycles. The van der Waals surface area contributed by atoms with Crippen LogP contribution in [-0.4, -0.2) is 11.2 Å². The second-order valence-electron chi connectivity index (χ2n) is 6.03. The number of benzene rings is 2. The summed E-state index contributed by atoms with van der Waals surface area (Å²) in [7, 11) is 0. The van der Waals surface area contributed by atoms with Crippen LogP contribution in [0.5, 0.6) is 0 Å². The van der Waals surface area contributed by atoms with E-state index in [0.717, 1.165) is 37.7 Å². The van der Waals surface area contributed by atoms with Gasteiger partial charge in [0.2, 0.25) is 0 Å².